The minimum absolute atomic E-state index is 0.141. The molecule has 0 fully saturated rings. The van der Waals surface area contributed by atoms with Gasteiger partial charge in [-0.25, -0.2) is 4.68 Å². The maximum atomic E-state index is 10.8. The first-order valence-electron chi connectivity index (χ1n) is 6.38. The average Bonchev–Trinajstić information content (AvgIpc) is 2.95. The SMILES string of the molecule is NC(Cc1cn(-c2cccc3cnccc23)nn1)C(=O)O. The smallest absolute Gasteiger partial charge is 0.320 e. The largest absolute Gasteiger partial charge is 0.480 e. The molecule has 21 heavy (non-hydrogen) atoms. The summed E-state index contributed by atoms with van der Waals surface area (Å²) in [4.78, 5) is 14.9. The molecule has 7 heteroatoms. The molecule has 0 radical (unpaired) electrons. The molecular weight excluding hydrogens is 270 g/mol. The van der Waals surface area contributed by atoms with Crippen LogP contribution in [0.1, 0.15) is 5.69 Å². The van der Waals surface area contributed by atoms with Gasteiger partial charge in [0.15, 0.2) is 0 Å². The minimum atomic E-state index is -1.05. The van der Waals surface area contributed by atoms with E-state index in [2.05, 4.69) is 15.3 Å². The predicted octanol–water partition coefficient (Wildman–Crippen LogP) is 0.770. The highest BCUT2D eigenvalue weighted by atomic mass is 16.4. The van der Waals surface area contributed by atoms with Gasteiger partial charge in [0.2, 0.25) is 0 Å². The number of fused-ring (bicyclic) bond motifs is 1. The summed E-state index contributed by atoms with van der Waals surface area (Å²) in [5, 5.41) is 18.8. The molecule has 0 aliphatic rings. The Labute approximate surface area is 120 Å². The van der Waals surface area contributed by atoms with Crippen LogP contribution in [0, 0.1) is 0 Å². The Morgan fingerprint density at radius 3 is 3.05 bits per heavy atom. The highest BCUT2D eigenvalue weighted by molar-refractivity contribution is 5.89. The van der Waals surface area contributed by atoms with Gasteiger partial charge in [-0.05, 0) is 12.1 Å². The zero-order valence-corrected chi connectivity index (χ0v) is 11.0. The lowest BCUT2D eigenvalue weighted by Crippen LogP contribution is -2.32. The van der Waals surface area contributed by atoms with E-state index in [9.17, 15) is 4.79 Å². The normalized spacial score (nSPS) is 12.4. The number of carbonyl (C=O) groups is 1. The van der Waals surface area contributed by atoms with Gasteiger partial charge < -0.3 is 10.8 Å². The second kappa shape index (κ2) is 5.29. The number of aromatic nitrogens is 4. The van der Waals surface area contributed by atoms with E-state index in [4.69, 9.17) is 10.8 Å². The van der Waals surface area contributed by atoms with Gasteiger partial charge >= 0.3 is 5.97 Å². The zero-order chi connectivity index (χ0) is 14.8. The second-order valence-corrected chi connectivity index (χ2v) is 4.68. The van der Waals surface area contributed by atoms with Gasteiger partial charge in [-0.15, -0.1) is 5.10 Å². The third kappa shape index (κ3) is 2.59. The molecule has 0 saturated heterocycles. The summed E-state index contributed by atoms with van der Waals surface area (Å²) in [7, 11) is 0. The summed E-state index contributed by atoms with van der Waals surface area (Å²) in [6.07, 6.45) is 5.32. The van der Waals surface area contributed by atoms with Gasteiger partial charge in [0.25, 0.3) is 0 Å². The summed E-state index contributed by atoms with van der Waals surface area (Å²) < 4.78 is 1.62. The van der Waals surface area contributed by atoms with Crippen LogP contribution >= 0.6 is 0 Å². The number of carboxylic acids is 1. The first-order valence-corrected chi connectivity index (χ1v) is 6.38. The number of nitrogens with zero attached hydrogens (tertiary/aromatic N) is 4. The van der Waals surface area contributed by atoms with Gasteiger partial charge in [0.05, 0.1) is 17.6 Å². The number of rotatable bonds is 4. The van der Waals surface area contributed by atoms with Crippen molar-refractivity contribution in [2.24, 2.45) is 5.73 Å². The van der Waals surface area contributed by atoms with Gasteiger partial charge in [-0.1, -0.05) is 17.3 Å². The van der Waals surface area contributed by atoms with Crippen LogP contribution in [0.3, 0.4) is 0 Å². The molecule has 0 aliphatic carbocycles. The van der Waals surface area contributed by atoms with Crippen molar-refractivity contribution in [2.45, 2.75) is 12.5 Å². The lowest BCUT2D eigenvalue weighted by Gasteiger charge is -2.05. The highest BCUT2D eigenvalue weighted by Gasteiger charge is 2.15. The first-order chi connectivity index (χ1) is 10.1. The van der Waals surface area contributed by atoms with Crippen LogP contribution in [0.4, 0.5) is 0 Å². The Hall–Kier alpha value is -2.80. The van der Waals surface area contributed by atoms with Gasteiger partial charge in [0.1, 0.15) is 6.04 Å². The Morgan fingerprint density at radius 2 is 2.24 bits per heavy atom. The van der Waals surface area contributed by atoms with Gasteiger partial charge in [-0.3, -0.25) is 9.78 Å². The van der Waals surface area contributed by atoms with E-state index in [1.807, 2.05) is 24.3 Å². The summed E-state index contributed by atoms with van der Waals surface area (Å²) in [5.41, 5.74) is 6.90. The van der Waals surface area contributed by atoms with E-state index in [0.717, 1.165) is 16.5 Å². The van der Waals surface area contributed by atoms with Crippen molar-refractivity contribution in [3.63, 3.8) is 0 Å². The maximum Gasteiger partial charge on any atom is 0.320 e. The number of carboxylic acid groups (broad SMARTS) is 1. The van der Waals surface area contributed by atoms with Crippen LogP contribution in [0.15, 0.2) is 42.9 Å². The number of pyridine rings is 1. The molecular formula is C14H13N5O2. The Morgan fingerprint density at radius 1 is 1.38 bits per heavy atom. The molecule has 0 bridgehead atoms. The first kappa shape index (κ1) is 13.2. The summed E-state index contributed by atoms with van der Waals surface area (Å²) >= 11 is 0. The van der Waals surface area contributed by atoms with Gasteiger partial charge in [0, 0.05) is 29.6 Å². The molecule has 0 amide bonds. The molecule has 0 aliphatic heterocycles. The van der Waals surface area contributed by atoms with E-state index < -0.39 is 12.0 Å². The van der Waals surface area contributed by atoms with Gasteiger partial charge in [-0.2, -0.15) is 0 Å². The maximum absolute atomic E-state index is 10.8. The summed E-state index contributed by atoms with van der Waals surface area (Å²) in [6, 6.07) is 6.70. The summed E-state index contributed by atoms with van der Waals surface area (Å²) in [6.45, 7) is 0. The van der Waals surface area contributed by atoms with Crippen molar-refractivity contribution in [1.29, 1.82) is 0 Å². The van der Waals surface area contributed by atoms with Crippen LogP contribution in [-0.2, 0) is 11.2 Å². The molecule has 3 rings (SSSR count). The third-order valence-corrected chi connectivity index (χ3v) is 3.19. The predicted molar refractivity (Wildman–Crippen MR) is 76.0 cm³/mol. The molecule has 0 spiro atoms. The van der Waals surface area contributed by atoms with Crippen LogP contribution in [-0.4, -0.2) is 37.1 Å². The number of hydrogen-bond acceptors (Lipinski definition) is 5. The fraction of sp³-hybridized carbons (Fsp3) is 0.143. The zero-order valence-electron chi connectivity index (χ0n) is 11.0. The summed E-state index contributed by atoms with van der Waals surface area (Å²) in [5.74, 6) is -1.05. The molecule has 3 N–H and O–H groups in total. The van der Waals surface area contributed by atoms with Crippen LogP contribution in [0.25, 0.3) is 16.5 Å². The quantitative estimate of drug-likeness (QED) is 0.732. The lowest BCUT2D eigenvalue weighted by atomic mass is 10.1. The van der Waals surface area contributed by atoms with E-state index in [1.165, 1.54) is 0 Å². The van der Waals surface area contributed by atoms with Crippen molar-refractivity contribution in [2.75, 3.05) is 0 Å². The molecule has 1 atom stereocenters. The van der Waals surface area contributed by atoms with Crippen molar-refractivity contribution in [1.82, 2.24) is 20.0 Å². The van der Waals surface area contributed by atoms with Crippen molar-refractivity contribution >= 4 is 16.7 Å². The molecule has 7 nitrogen and oxygen atoms in total. The topological polar surface area (TPSA) is 107 Å². The number of benzene rings is 1. The number of hydrogen-bond donors (Lipinski definition) is 2. The van der Waals surface area contributed by atoms with Crippen LogP contribution < -0.4 is 5.73 Å². The van der Waals surface area contributed by atoms with Crippen molar-refractivity contribution in [3.05, 3.63) is 48.5 Å². The van der Waals surface area contributed by atoms with E-state index in [0.29, 0.717) is 5.69 Å². The lowest BCUT2D eigenvalue weighted by molar-refractivity contribution is -0.138. The fourth-order valence-electron chi connectivity index (χ4n) is 2.13. The van der Waals surface area contributed by atoms with Crippen LogP contribution in [0.2, 0.25) is 0 Å². The fourth-order valence-corrected chi connectivity index (χ4v) is 2.13. The molecule has 1 unspecified atom stereocenters. The van der Waals surface area contributed by atoms with E-state index in [1.54, 1.807) is 23.3 Å². The standard InChI is InChI=1S/C14H13N5O2/c15-12(14(20)21)6-10-8-19(18-17-10)13-3-1-2-9-7-16-5-4-11(9)13/h1-5,7-8,12H,6,15H2,(H,20,21). The second-order valence-electron chi connectivity index (χ2n) is 4.68. The third-order valence-electron chi connectivity index (χ3n) is 3.19. The molecule has 2 heterocycles. The van der Waals surface area contributed by atoms with E-state index in [-0.39, 0.29) is 6.42 Å². The van der Waals surface area contributed by atoms with E-state index >= 15 is 0 Å². The van der Waals surface area contributed by atoms with Crippen molar-refractivity contribution in [3.8, 4) is 5.69 Å². The molecule has 1 aromatic carbocycles. The number of nitrogens with two attached hydrogens (primary N) is 1. The minimum Gasteiger partial charge on any atom is -0.480 e. The Balaban J connectivity index is 1.97. The van der Waals surface area contributed by atoms with Crippen molar-refractivity contribution < 1.29 is 9.90 Å². The molecule has 106 valence electrons. The Bertz CT molecular complexity index is 793. The Kier molecular flexibility index (Phi) is 3.33. The van der Waals surface area contributed by atoms with Crippen LogP contribution in [0.5, 0.6) is 0 Å². The molecule has 2 aromatic heterocycles. The number of aliphatic carboxylic acids is 1. The molecule has 0 saturated carbocycles. The molecule has 3 aromatic rings. The highest BCUT2D eigenvalue weighted by Crippen LogP contribution is 2.20. The average molecular weight is 283 g/mol. The monoisotopic (exact) mass is 283 g/mol.